The zero-order valence-corrected chi connectivity index (χ0v) is 21.2. The lowest BCUT2D eigenvalue weighted by molar-refractivity contribution is -0.165. The third kappa shape index (κ3) is 5.07. The molecule has 0 N–H and O–H groups in total. The summed E-state index contributed by atoms with van der Waals surface area (Å²) in [4.78, 5) is 50.8. The molecular weight excluding hydrogens is 538 g/mol. The van der Waals surface area contributed by atoms with Crippen molar-refractivity contribution in [1.82, 2.24) is 4.90 Å². The topological polar surface area (TPSA) is 107 Å². The summed E-state index contributed by atoms with van der Waals surface area (Å²) in [6.07, 6.45) is 3.14. The number of β-lactam (4-membered cyclic amide) rings is 1. The van der Waals surface area contributed by atoms with E-state index in [1.54, 1.807) is 31.2 Å². The number of hydrogen-bond acceptors (Lipinski definition) is 7. The van der Waals surface area contributed by atoms with Crippen molar-refractivity contribution in [2.45, 2.75) is 36.1 Å². The van der Waals surface area contributed by atoms with Gasteiger partial charge in [0.1, 0.15) is 0 Å². The number of hydrogen-bond donors (Lipinski definition) is 0. The third-order valence-electron chi connectivity index (χ3n) is 5.79. The van der Waals surface area contributed by atoms with E-state index in [-0.39, 0.29) is 24.5 Å². The molecule has 33 heavy (non-hydrogen) atoms. The lowest BCUT2D eigenvalue weighted by Crippen LogP contribution is -2.63. The second kappa shape index (κ2) is 10.5. The van der Waals surface area contributed by atoms with Gasteiger partial charge in [0.25, 0.3) is 0 Å². The van der Waals surface area contributed by atoms with E-state index >= 15 is 0 Å². The minimum Gasteiger partial charge on any atom is -0.466 e. The number of fused-ring (bicyclic) bond motifs is 1. The smallest absolute Gasteiger partial charge is 0.332 e. The first-order valence-electron chi connectivity index (χ1n) is 10.2. The lowest BCUT2D eigenvalue weighted by atomic mass is 9.85. The van der Waals surface area contributed by atoms with Crippen molar-refractivity contribution in [3.05, 3.63) is 46.5 Å². The van der Waals surface area contributed by atoms with E-state index in [0.717, 1.165) is 4.47 Å². The van der Waals surface area contributed by atoms with E-state index < -0.39 is 57.3 Å². The fourth-order valence-electron chi connectivity index (χ4n) is 4.11. The maximum Gasteiger partial charge on any atom is 0.332 e. The highest BCUT2D eigenvalue weighted by Crippen LogP contribution is 2.51. The minimum absolute atomic E-state index is 0.137. The van der Waals surface area contributed by atoms with Crippen LogP contribution >= 0.6 is 27.5 Å². The Morgan fingerprint density at radius 2 is 1.97 bits per heavy atom. The van der Waals surface area contributed by atoms with Crippen LogP contribution in [0.2, 0.25) is 0 Å². The molecule has 5 unspecified atom stereocenters. The van der Waals surface area contributed by atoms with Gasteiger partial charge in [0, 0.05) is 45.1 Å². The molecule has 0 spiro atoms. The molecule has 2 fully saturated rings. The van der Waals surface area contributed by atoms with Crippen LogP contribution in [-0.4, -0.2) is 68.5 Å². The Labute approximate surface area is 207 Å². The Kier molecular flexibility index (Phi) is 8.13. The summed E-state index contributed by atoms with van der Waals surface area (Å²) in [6.45, 7) is 1.15. The van der Waals surface area contributed by atoms with E-state index in [1.165, 1.54) is 24.2 Å². The molecule has 0 bridgehead atoms. The first-order valence-corrected chi connectivity index (χ1v) is 12.7. The molecule has 1 aromatic carbocycles. The number of Topliss-reactive ketones (excluding diaryl/α,β-unsaturated/α-hetero) is 1. The van der Waals surface area contributed by atoms with Crippen LogP contribution in [0.3, 0.4) is 0 Å². The number of methoxy groups -OCH3 is 1. The van der Waals surface area contributed by atoms with Crippen molar-refractivity contribution in [1.29, 1.82) is 0 Å². The molecule has 3 rings (SSSR count). The van der Waals surface area contributed by atoms with Crippen LogP contribution in [0, 0.1) is 5.92 Å². The van der Waals surface area contributed by atoms with Gasteiger partial charge in [-0.25, -0.2) is 9.59 Å². The molecule has 2 aliphatic rings. The summed E-state index contributed by atoms with van der Waals surface area (Å²) in [5.41, 5.74) is 0.363. The van der Waals surface area contributed by atoms with Gasteiger partial charge >= 0.3 is 11.9 Å². The molecule has 1 amide bonds. The van der Waals surface area contributed by atoms with Crippen LogP contribution in [0.5, 0.6) is 0 Å². The Morgan fingerprint density at radius 1 is 1.30 bits per heavy atom. The molecule has 0 radical (unpaired) electrons. The van der Waals surface area contributed by atoms with Crippen molar-refractivity contribution >= 4 is 62.0 Å². The molecule has 0 saturated carbocycles. The average molecular weight is 561 g/mol. The quantitative estimate of drug-likeness (QED) is 0.150. The van der Waals surface area contributed by atoms with Crippen molar-refractivity contribution < 1.29 is 32.9 Å². The molecule has 2 heterocycles. The van der Waals surface area contributed by atoms with Gasteiger partial charge in [-0.05, 0) is 18.6 Å². The van der Waals surface area contributed by atoms with Gasteiger partial charge in [0.15, 0.2) is 22.6 Å². The number of benzene rings is 1. The van der Waals surface area contributed by atoms with Crippen LogP contribution in [0.15, 0.2) is 40.9 Å². The SMILES string of the molecule is CCS(=O)C1(Cl)CC2C(CC=CC(=O)OC)C(=O)N2C1C(=O)OCC(=O)c1ccc(Br)cc1. The Bertz CT molecular complexity index is 1010. The minimum atomic E-state index is -1.63. The van der Waals surface area contributed by atoms with Gasteiger partial charge in [-0.2, -0.15) is 0 Å². The molecule has 0 aliphatic carbocycles. The van der Waals surface area contributed by atoms with Crippen LogP contribution in [0.4, 0.5) is 0 Å². The number of rotatable bonds is 9. The normalized spacial score (nSPS) is 27.1. The first kappa shape index (κ1) is 25.6. The van der Waals surface area contributed by atoms with Gasteiger partial charge in [-0.15, -0.1) is 11.6 Å². The van der Waals surface area contributed by atoms with Gasteiger partial charge in [-0.1, -0.05) is 41.1 Å². The molecule has 0 aromatic heterocycles. The molecule has 2 saturated heterocycles. The maximum atomic E-state index is 13.0. The summed E-state index contributed by atoms with van der Waals surface area (Å²) < 4.78 is 21.9. The van der Waals surface area contributed by atoms with Gasteiger partial charge in [0.05, 0.1) is 13.0 Å². The monoisotopic (exact) mass is 559 g/mol. The summed E-state index contributed by atoms with van der Waals surface area (Å²) in [6, 6.07) is 4.88. The number of carbonyl (C=O) groups excluding carboxylic acids is 4. The molecule has 1 aromatic rings. The fourth-order valence-corrected chi connectivity index (χ4v) is 6.35. The van der Waals surface area contributed by atoms with Crippen molar-refractivity contribution in [3.63, 3.8) is 0 Å². The number of halogens is 2. The predicted octanol–water partition coefficient (Wildman–Crippen LogP) is 2.60. The van der Waals surface area contributed by atoms with E-state index in [9.17, 15) is 23.4 Å². The average Bonchev–Trinajstić information content (AvgIpc) is 3.10. The number of alkyl halides is 1. The van der Waals surface area contributed by atoms with Gasteiger partial charge in [0.2, 0.25) is 5.91 Å². The Balaban J connectivity index is 1.74. The molecular formula is C22H23BrClNO7S. The molecule has 178 valence electrons. The highest BCUT2D eigenvalue weighted by atomic mass is 79.9. The summed E-state index contributed by atoms with van der Waals surface area (Å²) in [7, 11) is -0.379. The maximum absolute atomic E-state index is 13.0. The van der Waals surface area contributed by atoms with E-state index in [4.69, 9.17) is 16.3 Å². The number of allylic oxidation sites excluding steroid dienone is 1. The Morgan fingerprint density at radius 3 is 2.58 bits per heavy atom. The summed E-state index contributed by atoms with van der Waals surface area (Å²) in [5, 5.41) is 0. The number of amides is 1. The number of esters is 2. The molecule has 5 atom stereocenters. The highest BCUT2D eigenvalue weighted by molar-refractivity contribution is 9.10. The van der Waals surface area contributed by atoms with Crippen LogP contribution < -0.4 is 0 Å². The summed E-state index contributed by atoms with van der Waals surface area (Å²) in [5.74, 6) is -2.47. The molecule has 11 heteroatoms. The largest absolute Gasteiger partial charge is 0.466 e. The van der Waals surface area contributed by atoms with E-state index in [1.807, 2.05) is 0 Å². The Hall–Kier alpha value is -2.04. The number of ketones is 1. The number of nitrogens with zero attached hydrogens (tertiary/aromatic N) is 1. The number of carbonyl (C=O) groups is 4. The first-order chi connectivity index (χ1) is 15.6. The third-order valence-corrected chi connectivity index (χ3v) is 8.87. The van der Waals surface area contributed by atoms with Crippen molar-refractivity contribution in [2.75, 3.05) is 19.5 Å². The van der Waals surface area contributed by atoms with Crippen LogP contribution in [0.25, 0.3) is 0 Å². The zero-order chi connectivity index (χ0) is 24.3. The van der Waals surface area contributed by atoms with Crippen molar-refractivity contribution in [2.24, 2.45) is 5.92 Å². The van der Waals surface area contributed by atoms with Crippen LogP contribution in [-0.2, 0) is 34.7 Å². The van der Waals surface area contributed by atoms with Crippen LogP contribution in [0.1, 0.15) is 30.1 Å². The zero-order valence-electron chi connectivity index (χ0n) is 18.0. The lowest BCUT2D eigenvalue weighted by Gasteiger charge is -2.44. The van der Waals surface area contributed by atoms with Gasteiger partial charge < -0.3 is 14.4 Å². The second-order valence-electron chi connectivity index (χ2n) is 7.65. The van der Waals surface area contributed by atoms with Crippen molar-refractivity contribution in [3.8, 4) is 0 Å². The highest BCUT2D eigenvalue weighted by Gasteiger charge is 2.67. The summed E-state index contributed by atoms with van der Waals surface area (Å²) >= 11 is 10.0. The fraction of sp³-hybridized carbons (Fsp3) is 0.455. The predicted molar refractivity (Wildman–Crippen MR) is 125 cm³/mol. The molecule has 2 aliphatic heterocycles. The van der Waals surface area contributed by atoms with Gasteiger partial charge in [-0.3, -0.25) is 13.8 Å². The van der Waals surface area contributed by atoms with E-state index in [0.29, 0.717) is 5.56 Å². The molecule has 8 nitrogen and oxygen atoms in total. The van der Waals surface area contributed by atoms with E-state index in [2.05, 4.69) is 20.7 Å². The second-order valence-corrected chi connectivity index (χ2v) is 11.5. The standard InChI is InChI=1S/C22H23BrClNO7S/c1-3-33(30)22(24)11-16-15(5-4-6-18(27)31-2)20(28)25(16)19(22)21(29)32-12-17(26)13-7-9-14(23)10-8-13/h4,6-10,15-16,19H,3,5,11-12H2,1-2H3. The number of ether oxygens (including phenoxy) is 2.